The van der Waals surface area contributed by atoms with Crippen molar-refractivity contribution in [2.45, 2.75) is 46.0 Å². The number of hydrogen-bond donors (Lipinski definition) is 1. The monoisotopic (exact) mass is 282 g/mol. The second kappa shape index (κ2) is 5.90. The molecule has 0 aromatic carbocycles. The topological polar surface area (TPSA) is 53.4 Å². The first-order valence-corrected chi connectivity index (χ1v) is 7.83. The fourth-order valence-corrected chi connectivity index (χ4v) is 3.74. The Hall–Kier alpha value is -1.10. The second-order valence-corrected chi connectivity index (χ2v) is 6.54. The number of aromatic carboxylic acids is 1. The summed E-state index contributed by atoms with van der Waals surface area (Å²) in [5.74, 6) is 0.0478. The first-order valence-electron chi connectivity index (χ1n) is 7.01. The van der Waals surface area contributed by atoms with E-state index in [0.717, 1.165) is 29.8 Å². The zero-order chi connectivity index (χ0) is 14.0. The van der Waals surface area contributed by atoms with Crippen molar-refractivity contribution in [2.24, 2.45) is 5.92 Å². The first kappa shape index (κ1) is 14.3. The van der Waals surface area contributed by atoms with Crippen molar-refractivity contribution < 1.29 is 9.90 Å². The minimum atomic E-state index is -0.850. The normalized spacial score (nSPS) is 19.4. The van der Waals surface area contributed by atoms with Gasteiger partial charge in [-0.1, -0.05) is 38.5 Å². The van der Waals surface area contributed by atoms with Crippen molar-refractivity contribution in [1.82, 2.24) is 4.98 Å². The molecule has 2 rings (SSSR count). The van der Waals surface area contributed by atoms with Gasteiger partial charge >= 0.3 is 5.97 Å². The van der Waals surface area contributed by atoms with Crippen LogP contribution in [0, 0.1) is 5.92 Å². The lowest BCUT2D eigenvalue weighted by molar-refractivity contribution is 0.0700. The Balaban J connectivity index is 2.18. The maximum absolute atomic E-state index is 11.3. The van der Waals surface area contributed by atoms with Gasteiger partial charge in [0.05, 0.1) is 5.69 Å². The van der Waals surface area contributed by atoms with E-state index in [1.807, 2.05) is 13.8 Å². The van der Waals surface area contributed by atoms with Crippen LogP contribution in [0.25, 0.3) is 0 Å². The zero-order valence-electron chi connectivity index (χ0n) is 11.8. The fourth-order valence-electron chi connectivity index (χ4n) is 2.65. The molecule has 1 N–H and O–H groups in total. The zero-order valence-corrected chi connectivity index (χ0v) is 12.7. The van der Waals surface area contributed by atoms with E-state index in [1.165, 1.54) is 30.6 Å². The van der Waals surface area contributed by atoms with Crippen molar-refractivity contribution in [3.05, 3.63) is 10.6 Å². The molecule has 19 heavy (non-hydrogen) atoms. The number of rotatable bonds is 5. The molecule has 0 spiro atoms. The van der Waals surface area contributed by atoms with Crippen molar-refractivity contribution in [3.63, 3.8) is 0 Å². The third-order valence-corrected chi connectivity index (χ3v) is 4.76. The molecule has 1 unspecified atom stereocenters. The summed E-state index contributed by atoms with van der Waals surface area (Å²) in [6, 6.07) is 0. The van der Waals surface area contributed by atoms with Gasteiger partial charge in [0.2, 0.25) is 0 Å². The highest BCUT2D eigenvalue weighted by molar-refractivity contribution is 7.17. The van der Waals surface area contributed by atoms with Gasteiger partial charge in [0, 0.05) is 13.1 Å². The molecule has 0 aliphatic carbocycles. The predicted octanol–water partition coefficient (Wildman–Crippen LogP) is 3.59. The third-order valence-electron chi connectivity index (χ3n) is 3.64. The van der Waals surface area contributed by atoms with Crippen LogP contribution in [0.4, 0.5) is 5.13 Å². The molecular formula is C14H22N2O2S. The van der Waals surface area contributed by atoms with Gasteiger partial charge in [0.1, 0.15) is 4.88 Å². The van der Waals surface area contributed by atoms with Gasteiger partial charge in [-0.25, -0.2) is 9.78 Å². The van der Waals surface area contributed by atoms with Crippen LogP contribution in [0.1, 0.15) is 61.3 Å². The van der Waals surface area contributed by atoms with Crippen LogP contribution in [-0.2, 0) is 0 Å². The highest BCUT2D eigenvalue weighted by Gasteiger charge is 2.27. The highest BCUT2D eigenvalue weighted by Crippen LogP contribution is 2.34. The maximum atomic E-state index is 11.3. The molecule has 0 amide bonds. The summed E-state index contributed by atoms with van der Waals surface area (Å²) in [6.45, 7) is 8.24. The van der Waals surface area contributed by atoms with Crippen LogP contribution in [0.15, 0.2) is 0 Å². The Morgan fingerprint density at radius 2 is 2.32 bits per heavy atom. The van der Waals surface area contributed by atoms with Crippen LogP contribution in [-0.4, -0.2) is 29.1 Å². The van der Waals surface area contributed by atoms with E-state index in [9.17, 15) is 9.90 Å². The smallest absolute Gasteiger partial charge is 0.347 e. The summed E-state index contributed by atoms with van der Waals surface area (Å²) in [5.41, 5.74) is 0.728. The minimum Gasteiger partial charge on any atom is -0.477 e. The van der Waals surface area contributed by atoms with Gasteiger partial charge < -0.3 is 10.0 Å². The van der Waals surface area contributed by atoms with E-state index >= 15 is 0 Å². The van der Waals surface area contributed by atoms with Crippen molar-refractivity contribution in [1.29, 1.82) is 0 Å². The number of nitrogens with zero attached hydrogens (tertiary/aromatic N) is 2. The summed E-state index contributed by atoms with van der Waals surface area (Å²) in [4.78, 5) is 18.5. The van der Waals surface area contributed by atoms with E-state index < -0.39 is 5.97 Å². The lowest BCUT2D eigenvalue weighted by Gasteiger charge is -2.14. The molecule has 0 saturated carbocycles. The van der Waals surface area contributed by atoms with Gasteiger partial charge in [0.25, 0.3) is 0 Å². The largest absolute Gasteiger partial charge is 0.477 e. The predicted molar refractivity (Wildman–Crippen MR) is 78.4 cm³/mol. The molecule has 106 valence electrons. The number of anilines is 1. The molecule has 4 nitrogen and oxygen atoms in total. The van der Waals surface area contributed by atoms with Gasteiger partial charge in [-0.15, -0.1) is 0 Å². The molecule has 1 aliphatic heterocycles. The van der Waals surface area contributed by atoms with Gasteiger partial charge in [-0.3, -0.25) is 0 Å². The van der Waals surface area contributed by atoms with E-state index in [-0.39, 0.29) is 5.92 Å². The summed E-state index contributed by atoms with van der Waals surface area (Å²) in [5, 5.41) is 10.1. The SMILES string of the molecule is CCCC1CCN(c2nc(C(C)C)c(C(=O)O)s2)C1. The lowest BCUT2D eigenvalue weighted by atomic mass is 10.0. The highest BCUT2D eigenvalue weighted by atomic mass is 32.1. The summed E-state index contributed by atoms with van der Waals surface area (Å²) in [6.07, 6.45) is 3.67. The van der Waals surface area contributed by atoms with Gasteiger partial charge in [-0.05, 0) is 24.7 Å². The Labute approximate surface area is 118 Å². The number of carboxylic acids is 1. The molecule has 1 aromatic rings. The van der Waals surface area contributed by atoms with E-state index in [4.69, 9.17) is 0 Å². The van der Waals surface area contributed by atoms with E-state index in [0.29, 0.717) is 4.88 Å². The van der Waals surface area contributed by atoms with Gasteiger partial charge in [0.15, 0.2) is 5.13 Å². The lowest BCUT2D eigenvalue weighted by Crippen LogP contribution is -2.19. The average molecular weight is 282 g/mol. The molecule has 1 atom stereocenters. The van der Waals surface area contributed by atoms with Crippen molar-refractivity contribution in [3.8, 4) is 0 Å². The first-order chi connectivity index (χ1) is 9.02. The van der Waals surface area contributed by atoms with E-state index in [2.05, 4.69) is 16.8 Å². The molecule has 1 saturated heterocycles. The fraction of sp³-hybridized carbons (Fsp3) is 0.714. The molecule has 1 aromatic heterocycles. The van der Waals surface area contributed by atoms with Crippen molar-refractivity contribution in [2.75, 3.05) is 18.0 Å². The number of hydrogen-bond acceptors (Lipinski definition) is 4. The van der Waals surface area contributed by atoms with E-state index in [1.54, 1.807) is 0 Å². The number of aromatic nitrogens is 1. The Bertz CT molecular complexity index is 456. The number of carboxylic acid groups (broad SMARTS) is 1. The molecular weight excluding hydrogens is 260 g/mol. The standard InChI is InChI=1S/C14H22N2O2S/c1-4-5-10-6-7-16(8-10)14-15-11(9(2)3)12(19-14)13(17)18/h9-10H,4-8H2,1-3H3,(H,17,18). The maximum Gasteiger partial charge on any atom is 0.347 e. The molecule has 5 heteroatoms. The van der Waals surface area contributed by atoms with Gasteiger partial charge in [-0.2, -0.15) is 0 Å². The Kier molecular flexibility index (Phi) is 4.45. The Morgan fingerprint density at radius 1 is 1.58 bits per heavy atom. The van der Waals surface area contributed by atoms with Crippen molar-refractivity contribution >= 4 is 22.4 Å². The van der Waals surface area contributed by atoms with Crippen LogP contribution < -0.4 is 4.90 Å². The van der Waals surface area contributed by atoms with Crippen LogP contribution >= 0.6 is 11.3 Å². The molecule has 2 heterocycles. The molecule has 0 bridgehead atoms. The molecule has 1 aliphatic rings. The number of thiazole rings is 1. The molecule has 0 radical (unpaired) electrons. The van der Waals surface area contributed by atoms with Crippen LogP contribution in [0.2, 0.25) is 0 Å². The summed E-state index contributed by atoms with van der Waals surface area (Å²) >= 11 is 1.33. The summed E-state index contributed by atoms with van der Waals surface area (Å²) < 4.78 is 0. The molecule has 1 fully saturated rings. The minimum absolute atomic E-state index is 0.158. The second-order valence-electron chi connectivity index (χ2n) is 5.56. The van der Waals surface area contributed by atoms with Crippen LogP contribution in [0.3, 0.4) is 0 Å². The third kappa shape index (κ3) is 3.08. The summed E-state index contributed by atoms with van der Waals surface area (Å²) in [7, 11) is 0. The average Bonchev–Trinajstić information content (AvgIpc) is 2.94. The quantitative estimate of drug-likeness (QED) is 0.896. The Morgan fingerprint density at radius 3 is 2.84 bits per heavy atom. The number of carbonyl (C=O) groups is 1. The van der Waals surface area contributed by atoms with Crippen LogP contribution in [0.5, 0.6) is 0 Å².